The summed E-state index contributed by atoms with van der Waals surface area (Å²) in [5.41, 5.74) is 6.29. The maximum absolute atomic E-state index is 12.5. The zero-order valence-electron chi connectivity index (χ0n) is 13.6. The standard InChI is InChI=1S/C15H23N5O3S/c1-9(12-5-10(7-24-12)14(16)17)19-15(23)11-3-2-4-20(11)13(22)6-18-8-21/h7-9,11-12H,2-6H2,1H3,(H3,16,17)(H,18,21)(H,19,23)/t9-,11?,12?/m1/s1. The molecule has 2 aliphatic heterocycles. The largest absolute Gasteiger partial charge is 0.384 e. The molecule has 0 bridgehead atoms. The van der Waals surface area contributed by atoms with Gasteiger partial charge in [-0.05, 0) is 31.6 Å². The van der Waals surface area contributed by atoms with Crippen LogP contribution in [0.3, 0.4) is 0 Å². The molecule has 3 atom stereocenters. The molecule has 0 spiro atoms. The van der Waals surface area contributed by atoms with Crippen LogP contribution in [0.2, 0.25) is 0 Å². The minimum absolute atomic E-state index is 0.0683. The van der Waals surface area contributed by atoms with Gasteiger partial charge in [0.2, 0.25) is 18.2 Å². The van der Waals surface area contributed by atoms with E-state index in [2.05, 4.69) is 10.6 Å². The lowest BCUT2D eigenvalue weighted by Gasteiger charge is -2.27. The molecular weight excluding hydrogens is 330 g/mol. The molecule has 2 aliphatic rings. The summed E-state index contributed by atoms with van der Waals surface area (Å²) in [6.07, 6.45) is 2.52. The van der Waals surface area contributed by atoms with Crippen LogP contribution < -0.4 is 16.4 Å². The second-order valence-electron chi connectivity index (χ2n) is 5.98. The number of thioether (sulfide) groups is 1. The van der Waals surface area contributed by atoms with Gasteiger partial charge < -0.3 is 21.3 Å². The number of likely N-dealkylation sites (tertiary alicyclic amines) is 1. The number of hydrogen-bond acceptors (Lipinski definition) is 5. The third-order valence-electron chi connectivity index (χ3n) is 4.29. The van der Waals surface area contributed by atoms with E-state index in [-0.39, 0.29) is 35.5 Å². The van der Waals surface area contributed by atoms with Crippen molar-refractivity contribution in [2.75, 3.05) is 13.1 Å². The van der Waals surface area contributed by atoms with Crippen molar-refractivity contribution < 1.29 is 14.4 Å². The van der Waals surface area contributed by atoms with Gasteiger partial charge in [0.25, 0.3) is 0 Å². The maximum Gasteiger partial charge on any atom is 0.243 e. The summed E-state index contributed by atoms with van der Waals surface area (Å²) in [6.45, 7) is 2.36. The normalized spacial score (nSPS) is 24.2. The van der Waals surface area contributed by atoms with E-state index in [0.29, 0.717) is 25.8 Å². The van der Waals surface area contributed by atoms with E-state index in [9.17, 15) is 14.4 Å². The van der Waals surface area contributed by atoms with Crippen molar-refractivity contribution in [3.8, 4) is 0 Å². The Bertz CT molecular complexity index is 565. The van der Waals surface area contributed by atoms with E-state index in [4.69, 9.17) is 11.1 Å². The third-order valence-corrected chi connectivity index (χ3v) is 5.64. The van der Waals surface area contributed by atoms with Crippen molar-refractivity contribution in [2.24, 2.45) is 5.73 Å². The van der Waals surface area contributed by atoms with Gasteiger partial charge in [0.05, 0.1) is 6.54 Å². The Balaban J connectivity index is 1.88. The van der Waals surface area contributed by atoms with E-state index in [1.807, 2.05) is 12.3 Å². The maximum atomic E-state index is 12.5. The molecule has 2 unspecified atom stereocenters. The Labute approximate surface area is 145 Å². The number of rotatable bonds is 7. The first-order valence-corrected chi connectivity index (χ1v) is 8.84. The highest BCUT2D eigenvalue weighted by atomic mass is 32.2. The molecule has 2 heterocycles. The summed E-state index contributed by atoms with van der Waals surface area (Å²) in [5, 5.41) is 14.8. The number of hydrogen-bond donors (Lipinski definition) is 4. The van der Waals surface area contributed by atoms with Crippen molar-refractivity contribution in [2.45, 2.75) is 43.5 Å². The van der Waals surface area contributed by atoms with Gasteiger partial charge in [-0.25, -0.2) is 0 Å². The van der Waals surface area contributed by atoms with Gasteiger partial charge in [-0.3, -0.25) is 19.8 Å². The first kappa shape index (κ1) is 18.3. The van der Waals surface area contributed by atoms with Crippen LogP contribution >= 0.6 is 11.8 Å². The Kier molecular flexibility index (Phi) is 6.24. The summed E-state index contributed by atoms with van der Waals surface area (Å²) in [6, 6.07) is -0.582. The number of nitrogens with zero attached hydrogens (tertiary/aromatic N) is 1. The first-order chi connectivity index (χ1) is 11.4. The highest BCUT2D eigenvalue weighted by Crippen LogP contribution is 2.32. The van der Waals surface area contributed by atoms with Crippen LogP contribution in [-0.4, -0.2) is 59.4 Å². The van der Waals surface area contributed by atoms with Gasteiger partial charge in [-0.1, -0.05) is 0 Å². The van der Waals surface area contributed by atoms with Crippen LogP contribution in [0.15, 0.2) is 11.0 Å². The molecule has 2 rings (SSSR count). The fourth-order valence-electron chi connectivity index (χ4n) is 2.93. The summed E-state index contributed by atoms with van der Waals surface area (Å²) < 4.78 is 0. The number of amidine groups is 1. The second-order valence-corrected chi connectivity index (χ2v) is 7.09. The van der Waals surface area contributed by atoms with Crippen LogP contribution in [0.4, 0.5) is 0 Å². The molecule has 0 aromatic carbocycles. The summed E-state index contributed by atoms with van der Waals surface area (Å²) in [5.74, 6) is -0.349. The van der Waals surface area contributed by atoms with E-state index < -0.39 is 6.04 Å². The summed E-state index contributed by atoms with van der Waals surface area (Å²) in [7, 11) is 0. The Morgan fingerprint density at radius 3 is 2.96 bits per heavy atom. The number of nitrogens with two attached hydrogens (primary N) is 1. The predicted molar refractivity (Wildman–Crippen MR) is 92.4 cm³/mol. The summed E-state index contributed by atoms with van der Waals surface area (Å²) >= 11 is 1.56. The Hall–Kier alpha value is -2.03. The minimum Gasteiger partial charge on any atom is -0.384 e. The van der Waals surface area contributed by atoms with E-state index in [0.717, 1.165) is 12.0 Å². The molecular formula is C15H23N5O3S. The smallest absolute Gasteiger partial charge is 0.243 e. The molecule has 24 heavy (non-hydrogen) atoms. The molecule has 3 amide bonds. The van der Waals surface area contributed by atoms with Crippen molar-refractivity contribution in [3.63, 3.8) is 0 Å². The van der Waals surface area contributed by atoms with E-state index in [1.54, 1.807) is 11.8 Å². The lowest BCUT2D eigenvalue weighted by molar-refractivity contribution is -0.138. The number of carbonyl (C=O) groups is 3. The molecule has 9 heteroatoms. The minimum atomic E-state index is -0.486. The SMILES string of the molecule is C[C@@H](NC(=O)C1CCCN1C(=O)CNC=O)C1CC(C(=N)N)=CS1. The van der Waals surface area contributed by atoms with Crippen LogP contribution in [0, 0.1) is 5.41 Å². The first-order valence-electron chi connectivity index (χ1n) is 7.89. The molecule has 0 saturated carbocycles. The second kappa shape index (κ2) is 8.18. The van der Waals surface area contributed by atoms with Gasteiger partial charge in [0, 0.05) is 23.4 Å². The van der Waals surface area contributed by atoms with Crippen LogP contribution in [0.25, 0.3) is 0 Å². The van der Waals surface area contributed by atoms with Crippen LogP contribution in [0.1, 0.15) is 26.2 Å². The van der Waals surface area contributed by atoms with Crippen molar-refractivity contribution >= 4 is 35.8 Å². The zero-order valence-corrected chi connectivity index (χ0v) is 14.4. The fraction of sp³-hybridized carbons (Fsp3) is 0.600. The molecule has 0 aromatic rings. The summed E-state index contributed by atoms with van der Waals surface area (Å²) in [4.78, 5) is 36.4. The Morgan fingerprint density at radius 1 is 1.58 bits per heavy atom. The Morgan fingerprint density at radius 2 is 2.33 bits per heavy atom. The van der Waals surface area contributed by atoms with Gasteiger partial charge >= 0.3 is 0 Å². The highest BCUT2D eigenvalue weighted by Gasteiger charge is 2.35. The monoisotopic (exact) mass is 353 g/mol. The van der Waals surface area contributed by atoms with Crippen LogP contribution in [-0.2, 0) is 14.4 Å². The van der Waals surface area contributed by atoms with Crippen molar-refractivity contribution in [1.82, 2.24) is 15.5 Å². The predicted octanol–water partition coefficient (Wildman–Crippen LogP) is -0.447. The molecule has 0 aromatic heterocycles. The van der Waals surface area contributed by atoms with E-state index in [1.165, 1.54) is 4.90 Å². The number of nitrogens with one attached hydrogen (secondary N) is 3. The fourth-order valence-corrected chi connectivity index (χ4v) is 4.07. The third kappa shape index (κ3) is 4.28. The van der Waals surface area contributed by atoms with Gasteiger partial charge in [-0.2, -0.15) is 0 Å². The van der Waals surface area contributed by atoms with Gasteiger partial charge in [-0.15, -0.1) is 11.8 Å². The average molecular weight is 353 g/mol. The average Bonchev–Trinajstić information content (AvgIpc) is 3.21. The van der Waals surface area contributed by atoms with Crippen LogP contribution in [0.5, 0.6) is 0 Å². The van der Waals surface area contributed by atoms with Gasteiger partial charge in [0.1, 0.15) is 11.9 Å². The molecule has 8 nitrogen and oxygen atoms in total. The molecule has 0 radical (unpaired) electrons. The molecule has 1 saturated heterocycles. The van der Waals surface area contributed by atoms with E-state index >= 15 is 0 Å². The topological polar surface area (TPSA) is 128 Å². The number of carbonyl (C=O) groups excluding carboxylic acids is 3. The lowest BCUT2D eigenvalue weighted by atomic mass is 10.1. The highest BCUT2D eigenvalue weighted by molar-refractivity contribution is 8.03. The zero-order chi connectivity index (χ0) is 17.7. The van der Waals surface area contributed by atoms with Crippen molar-refractivity contribution in [3.05, 3.63) is 11.0 Å². The number of amides is 3. The lowest BCUT2D eigenvalue weighted by Crippen LogP contribution is -2.51. The van der Waals surface area contributed by atoms with Gasteiger partial charge in [0.15, 0.2) is 0 Å². The molecule has 5 N–H and O–H groups in total. The molecule has 0 aliphatic carbocycles. The van der Waals surface area contributed by atoms with Crippen molar-refractivity contribution in [1.29, 1.82) is 5.41 Å². The molecule has 132 valence electrons. The molecule has 1 fully saturated rings. The quantitative estimate of drug-likeness (QED) is 0.280.